The number of halogens is 1. The number of rotatable bonds is 10. The minimum Gasteiger partial charge on any atom is -0.496 e. The lowest BCUT2D eigenvalue weighted by atomic mass is 10.1. The topological polar surface area (TPSA) is 102 Å². The Hall–Kier alpha value is -2.98. The molecule has 32 heavy (non-hydrogen) atoms. The van der Waals surface area contributed by atoms with Crippen LogP contribution < -0.4 is 9.46 Å². The van der Waals surface area contributed by atoms with Crippen molar-refractivity contribution in [2.24, 2.45) is 5.92 Å². The molecule has 1 N–H and O–H groups in total. The van der Waals surface area contributed by atoms with Crippen LogP contribution in [-0.4, -0.2) is 52.0 Å². The van der Waals surface area contributed by atoms with E-state index < -0.39 is 51.2 Å². The number of para-hydroxylation sites is 1. The van der Waals surface area contributed by atoms with Crippen LogP contribution in [0.15, 0.2) is 53.4 Å². The van der Waals surface area contributed by atoms with Crippen LogP contribution >= 0.6 is 0 Å². The molecule has 0 saturated carbocycles. The van der Waals surface area contributed by atoms with E-state index in [2.05, 4.69) is 4.72 Å². The van der Waals surface area contributed by atoms with Crippen molar-refractivity contribution in [1.29, 1.82) is 0 Å². The zero-order valence-electron chi connectivity index (χ0n) is 18.4. The molecule has 2 aromatic rings. The Morgan fingerprint density at radius 2 is 1.72 bits per heavy atom. The average Bonchev–Trinajstić information content (AvgIpc) is 2.75. The fourth-order valence-corrected chi connectivity index (χ4v) is 4.27. The molecule has 0 radical (unpaired) electrons. The van der Waals surface area contributed by atoms with E-state index in [4.69, 9.17) is 9.47 Å². The Labute approximate surface area is 187 Å². The molecule has 0 saturated heterocycles. The van der Waals surface area contributed by atoms with Crippen LogP contribution in [-0.2, 0) is 30.9 Å². The molecule has 0 unspecified atom stereocenters. The van der Waals surface area contributed by atoms with E-state index in [1.165, 1.54) is 24.1 Å². The Balaban J connectivity index is 2.02. The van der Waals surface area contributed by atoms with Crippen molar-refractivity contribution in [2.45, 2.75) is 31.3 Å². The monoisotopic (exact) mass is 466 g/mol. The molecule has 2 rings (SSSR count). The molecular formula is C22H27FN2O6S. The van der Waals surface area contributed by atoms with E-state index in [9.17, 15) is 22.4 Å². The van der Waals surface area contributed by atoms with Gasteiger partial charge in [0.15, 0.2) is 6.61 Å². The van der Waals surface area contributed by atoms with Gasteiger partial charge >= 0.3 is 5.97 Å². The molecule has 0 aliphatic carbocycles. The summed E-state index contributed by atoms with van der Waals surface area (Å²) in [5, 5.41) is 0. The lowest BCUT2D eigenvalue weighted by Gasteiger charge is -2.22. The number of carbonyl (C=O) groups is 2. The Kier molecular flexibility index (Phi) is 8.73. The first-order valence-electron chi connectivity index (χ1n) is 9.86. The van der Waals surface area contributed by atoms with Crippen LogP contribution in [0.25, 0.3) is 0 Å². The Morgan fingerprint density at radius 1 is 1.09 bits per heavy atom. The largest absolute Gasteiger partial charge is 0.496 e. The summed E-state index contributed by atoms with van der Waals surface area (Å²) in [5.41, 5.74) is 0.773. The maximum atomic E-state index is 13.9. The molecule has 0 bridgehead atoms. The number of esters is 1. The molecule has 8 nitrogen and oxygen atoms in total. The molecule has 10 heteroatoms. The lowest BCUT2D eigenvalue weighted by Crippen LogP contribution is -2.46. The highest BCUT2D eigenvalue weighted by atomic mass is 32.2. The first-order chi connectivity index (χ1) is 15.1. The minimum atomic E-state index is -4.32. The molecule has 0 aliphatic rings. The first-order valence-corrected chi connectivity index (χ1v) is 11.3. The molecule has 1 atom stereocenters. The maximum Gasteiger partial charge on any atom is 0.324 e. The predicted octanol–water partition coefficient (Wildman–Crippen LogP) is 2.34. The van der Waals surface area contributed by atoms with Crippen LogP contribution in [0.1, 0.15) is 19.4 Å². The summed E-state index contributed by atoms with van der Waals surface area (Å²) in [6.07, 6.45) is 0. The van der Waals surface area contributed by atoms with Gasteiger partial charge in [-0.25, -0.2) is 12.8 Å². The summed E-state index contributed by atoms with van der Waals surface area (Å²) in [6, 6.07) is 10.7. The molecule has 1 amide bonds. The summed E-state index contributed by atoms with van der Waals surface area (Å²) in [5.74, 6) is -2.25. The van der Waals surface area contributed by atoms with Crippen molar-refractivity contribution >= 4 is 21.9 Å². The summed E-state index contributed by atoms with van der Waals surface area (Å²) < 4.78 is 51.5. The highest BCUT2D eigenvalue weighted by Gasteiger charge is 2.31. The van der Waals surface area contributed by atoms with Gasteiger partial charge in [-0.3, -0.25) is 9.59 Å². The van der Waals surface area contributed by atoms with E-state index in [1.54, 1.807) is 39.1 Å². The zero-order chi connectivity index (χ0) is 23.9. The second-order valence-corrected chi connectivity index (χ2v) is 9.13. The molecule has 0 aliphatic heterocycles. The number of hydrogen-bond donors (Lipinski definition) is 1. The highest BCUT2D eigenvalue weighted by Crippen LogP contribution is 2.19. The Morgan fingerprint density at radius 3 is 2.34 bits per heavy atom. The number of methoxy groups -OCH3 is 1. The number of ether oxygens (including phenoxy) is 2. The number of nitrogens with one attached hydrogen (secondary N) is 1. The fraction of sp³-hybridized carbons (Fsp3) is 0.364. The van der Waals surface area contributed by atoms with Crippen molar-refractivity contribution < 1.29 is 31.9 Å². The normalized spacial score (nSPS) is 12.3. The number of nitrogens with zero attached hydrogens (tertiary/aromatic N) is 1. The zero-order valence-corrected chi connectivity index (χ0v) is 19.2. The van der Waals surface area contributed by atoms with Crippen LogP contribution in [0.3, 0.4) is 0 Å². The number of carbonyl (C=O) groups excluding carboxylic acids is 2. The van der Waals surface area contributed by atoms with Crippen molar-refractivity contribution in [2.75, 3.05) is 20.8 Å². The quantitative estimate of drug-likeness (QED) is 0.540. The van der Waals surface area contributed by atoms with Gasteiger partial charge in [0.05, 0.1) is 7.11 Å². The van der Waals surface area contributed by atoms with Crippen molar-refractivity contribution in [1.82, 2.24) is 9.62 Å². The standard InChI is InChI=1S/C22H27FN2O6S/c1-15(2)21(24-32(28,29)19-12-8-6-10-17(19)23)22(27)31-14-20(26)25(3)13-16-9-5-7-11-18(16)30-4/h5-12,15,21,24H,13-14H2,1-4H3/t21-/m0/s1. The van der Waals surface area contributed by atoms with Crippen molar-refractivity contribution in [3.63, 3.8) is 0 Å². The van der Waals surface area contributed by atoms with E-state index >= 15 is 0 Å². The predicted molar refractivity (Wildman–Crippen MR) is 116 cm³/mol. The third kappa shape index (κ3) is 6.51. The SMILES string of the molecule is COc1ccccc1CN(C)C(=O)COC(=O)[C@@H](NS(=O)(=O)c1ccccc1F)C(C)C. The van der Waals surface area contributed by atoms with Crippen molar-refractivity contribution in [3.8, 4) is 5.75 Å². The first kappa shape index (κ1) is 25.3. The Bertz CT molecular complexity index is 1060. The van der Waals surface area contributed by atoms with Gasteiger partial charge in [-0.1, -0.05) is 44.2 Å². The van der Waals surface area contributed by atoms with E-state index in [0.717, 1.165) is 17.7 Å². The van der Waals surface area contributed by atoms with Gasteiger partial charge in [0.1, 0.15) is 22.5 Å². The molecule has 2 aromatic carbocycles. The van der Waals surface area contributed by atoms with Crippen LogP contribution in [0, 0.1) is 11.7 Å². The third-order valence-electron chi connectivity index (χ3n) is 4.69. The van der Waals surface area contributed by atoms with Gasteiger partial charge in [-0.15, -0.1) is 0 Å². The molecule has 0 fully saturated rings. The molecule has 174 valence electrons. The van der Waals surface area contributed by atoms with E-state index in [1.807, 2.05) is 6.07 Å². The van der Waals surface area contributed by atoms with Crippen LogP contribution in [0.4, 0.5) is 4.39 Å². The maximum absolute atomic E-state index is 13.9. The number of amides is 1. The molecular weight excluding hydrogens is 439 g/mol. The van der Waals surface area contributed by atoms with Gasteiger partial charge in [0.25, 0.3) is 5.91 Å². The number of sulfonamides is 1. The van der Waals surface area contributed by atoms with Gasteiger partial charge in [-0.05, 0) is 24.1 Å². The van der Waals surface area contributed by atoms with Crippen LogP contribution in [0.2, 0.25) is 0 Å². The minimum absolute atomic E-state index is 0.230. The number of benzene rings is 2. The summed E-state index contributed by atoms with van der Waals surface area (Å²) in [6.45, 7) is 2.86. The van der Waals surface area contributed by atoms with Crippen LogP contribution in [0.5, 0.6) is 5.75 Å². The fourth-order valence-electron chi connectivity index (χ4n) is 2.86. The second-order valence-electron chi connectivity index (χ2n) is 7.44. The molecule has 0 heterocycles. The molecule has 0 aromatic heterocycles. The smallest absolute Gasteiger partial charge is 0.324 e. The van der Waals surface area contributed by atoms with Crippen molar-refractivity contribution in [3.05, 3.63) is 59.9 Å². The highest BCUT2D eigenvalue weighted by molar-refractivity contribution is 7.89. The summed E-state index contributed by atoms with van der Waals surface area (Å²) in [7, 11) is -1.25. The van der Waals surface area contributed by atoms with Gasteiger partial charge < -0.3 is 14.4 Å². The summed E-state index contributed by atoms with van der Waals surface area (Å²) >= 11 is 0. The summed E-state index contributed by atoms with van der Waals surface area (Å²) in [4.78, 5) is 25.7. The number of hydrogen-bond acceptors (Lipinski definition) is 6. The average molecular weight is 467 g/mol. The van der Waals surface area contributed by atoms with E-state index in [0.29, 0.717) is 5.75 Å². The van der Waals surface area contributed by atoms with Gasteiger partial charge in [0.2, 0.25) is 10.0 Å². The van der Waals surface area contributed by atoms with Gasteiger partial charge in [0, 0.05) is 19.2 Å². The third-order valence-corrected chi connectivity index (χ3v) is 6.17. The van der Waals surface area contributed by atoms with E-state index in [-0.39, 0.29) is 6.54 Å². The second kappa shape index (κ2) is 11.1. The lowest BCUT2D eigenvalue weighted by molar-refractivity contribution is -0.154. The van der Waals surface area contributed by atoms with Gasteiger partial charge in [-0.2, -0.15) is 4.72 Å². The number of likely N-dealkylation sites (N-methyl/N-ethyl adjacent to an activating group) is 1. The molecule has 0 spiro atoms.